The van der Waals surface area contributed by atoms with Crippen molar-refractivity contribution < 1.29 is 4.74 Å². The smallest absolute Gasteiger partial charge is 0.152 e. The number of hydrogen-bond donors (Lipinski definition) is 1. The maximum absolute atomic E-state index is 5.98. The number of hydrogen-bond acceptors (Lipinski definition) is 6. The van der Waals surface area contributed by atoms with Gasteiger partial charge in [-0.2, -0.15) is 0 Å². The first-order chi connectivity index (χ1) is 13.8. The van der Waals surface area contributed by atoms with E-state index in [1.54, 1.807) is 0 Å². The molecule has 6 nitrogen and oxygen atoms in total. The third-order valence-electron chi connectivity index (χ3n) is 5.87. The van der Waals surface area contributed by atoms with Crippen molar-refractivity contribution in [1.29, 1.82) is 0 Å². The number of ether oxygens (including phenoxy) is 1. The van der Waals surface area contributed by atoms with E-state index in [0.717, 1.165) is 49.0 Å². The van der Waals surface area contributed by atoms with E-state index < -0.39 is 0 Å². The van der Waals surface area contributed by atoms with Crippen molar-refractivity contribution >= 4 is 28.1 Å². The number of morpholine rings is 1. The van der Waals surface area contributed by atoms with E-state index in [2.05, 4.69) is 50.5 Å². The standard InChI is InChI=1S/C22H21N5O/c1-2-15-11-25-21(20(15)23-8-1)26-16-3-6-19-14(10-16)7-9-24-22(19)27-12-17-4-5-18(13-27)28-17/h1-3,6-10,17-18H,4-5,11-13H2,(H,25,26). The molecule has 6 heteroatoms. The summed E-state index contributed by atoms with van der Waals surface area (Å²) in [6.45, 7) is 2.55. The lowest BCUT2D eigenvalue weighted by Gasteiger charge is -2.33. The van der Waals surface area contributed by atoms with Gasteiger partial charge in [0.05, 0.1) is 18.8 Å². The van der Waals surface area contributed by atoms with Crippen molar-refractivity contribution in [3.8, 4) is 0 Å². The summed E-state index contributed by atoms with van der Waals surface area (Å²) in [6.07, 6.45) is 6.75. The number of rotatable bonds is 2. The van der Waals surface area contributed by atoms with Crippen LogP contribution >= 0.6 is 0 Å². The Morgan fingerprint density at radius 3 is 2.79 bits per heavy atom. The molecule has 2 aromatic heterocycles. The second kappa shape index (κ2) is 6.27. The van der Waals surface area contributed by atoms with Crippen molar-refractivity contribution in [3.63, 3.8) is 0 Å². The number of aromatic nitrogens is 2. The summed E-state index contributed by atoms with van der Waals surface area (Å²) in [6, 6.07) is 12.5. The zero-order valence-electron chi connectivity index (χ0n) is 15.5. The minimum absolute atomic E-state index is 0.352. The number of fused-ring (bicyclic) bond motifs is 4. The Bertz CT molecular complexity index is 1080. The lowest BCUT2D eigenvalue weighted by atomic mass is 10.1. The summed E-state index contributed by atoms with van der Waals surface area (Å²) in [5.41, 5.74) is 3.13. The summed E-state index contributed by atoms with van der Waals surface area (Å²) in [7, 11) is 0. The summed E-state index contributed by atoms with van der Waals surface area (Å²) in [5, 5.41) is 5.80. The molecule has 5 heterocycles. The van der Waals surface area contributed by atoms with Crippen LogP contribution in [0.15, 0.2) is 53.8 Å². The van der Waals surface area contributed by atoms with Gasteiger partial charge in [0.15, 0.2) is 5.84 Å². The zero-order chi connectivity index (χ0) is 18.5. The van der Waals surface area contributed by atoms with Gasteiger partial charge in [0.25, 0.3) is 0 Å². The van der Waals surface area contributed by atoms with Crippen molar-refractivity contribution in [2.24, 2.45) is 4.99 Å². The number of anilines is 2. The summed E-state index contributed by atoms with van der Waals surface area (Å²) in [4.78, 5) is 16.2. The Morgan fingerprint density at radius 2 is 1.89 bits per heavy atom. The highest BCUT2D eigenvalue weighted by Crippen LogP contribution is 2.33. The molecule has 0 spiro atoms. The fourth-order valence-corrected chi connectivity index (χ4v) is 4.53. The molecular formula is C22H21N5O. The van der Waals surface area contributed by atoms with Crippen LogP contribution < -0.4 is 10.2 Å². The van der Waals surface area contributed by atoms with Gasteiger partial charge in [-0.25, -0.2) is 4.98 Å². The Balaban J connectivity index is 1.31. The molecule has 0 amide bonds. The Morgan fingerprint density at radius 1 is 1.00 bits per heavy atom. The predicted octanol–water partition coefficient (Wildman–Crippen LogP) is 3.37. The predicted molar refractivity (Wildman–Crippen MR) is 110 cm³/mol. The topological polar surface area (TPSA) is 62.6 Å². The molecule has 2 unspecified atom stereocenters. The maximum atomic E-state index is 5.98. The van der Waals surface area contributed by atoms with Crippen LogP contribution in [0, 0.1) is 0 Å². The Kier molecular flexibility index (Phi) is 3.59. The fourth-order valence-electron chi connectivity index (χ4n) is 4.53. The maximum Gasteiger partial charge on any atom is 0.152 e. The molecule has 0 aliphatic carbocycles. The SMILES string of the molecule is c1cnc2c(c1)CN=C2Nc1ccc2c(N3CC4CCC(C3)O4)nccc2c1. The highest BCUT2D eigenvalue weighted by molar-refractivity contribution is 6.10. The lowest BCUT2D eigenvalue weighted by Crippen LogP contribution is -2.43. The van der Waals surface area contributed by atoms with Gasteiger partial charge in [-0.15, -0.1) is 0 Å². The minimum Gasteiger partial charge on any atom is -0.371 e. The quantitative estimate of drug-likeness (QED) is 0.748. The molecule has 2 bridgehead atoms. The molecule has 3 aromatic rings. The molecule has 28 heavy (non-hydrogen) atoms. The van der Waals surface area contributed by atoms with Crippen LogP contribution in [-0.4, -0.2) is 41.1 Å². The van der Waals surface area contributed by atoms with Gasteiger partial charge in [-0.1, -0.05) is 6.07 Å². The lowest BCUT2D eigenvalue weighted by molar-refractivity contribution is 0.0303. The molecule has 2 fully saturated rings. The molecule has 140 valence electrons. The van der Waals surface area contributed by atoms with E-state index in [-0.39, 0.29) is 0 Å². The van der Waals surface area contributed by atoms with E-state index >= 15 is 0 Å². The van der Waals surface area contributed by atoms with Gasteiger partial charge in [-0.3, -0.25) is 9.98 Å². The molecule has 2 saturated heterocycles. The number of pyridine rings is 2. The number of nitrogens with one attached hydrogen (secondary N) is 1. The first-order valence-corrected chi connectivity index (χ1v) is 9.88. The van der Waals surface area contributed by atoms with E-state index in [1.165, 1.54) is 16.3 Å². The number of aliphatic imine (C=N–C) groups is 1. The van der Waals surface area contributed by atoms with Crippen LogP contribution in [0.4, 0.5) is 11.5 Å². The van der Waals surface area contributed by atoms with Gasteiger partial charge in [0, 0.05) is 42.1 Å². The van der Waals surface area contributed by atoms with Gasteiger partial charge >= 0.3 is 0 Å². The van der Waals surface area contributed by atoms with Crippen molar-refractivity contribution in [3.05, 3.63) is 60.0 Å². The summed E-state index contributed by atoms with van der Waals surface area (Å²) in [5.74, 6) is 1.91. The van der Waals surface area contributed by atoms with Crippen molar-refractivity contribution in [2.45, 2.75) is 31.6 Å². The highest BCUT2D eigenvalue weighted by Gasteiger charge is 2.34. The van der Waals surface area contributed by atoms with E-state index in [1.807, 2.05) is 18.5 Å². The molecule has 1 aromatic carbocycles. The molecule has 1 N–H and O–H groups in total. The second-order valence-electron chi connectivity index (χ2n) is 7.73. The molecule has 0 saturated carbocycles. The Labute approximate surface area is 163 Å². The number of nitrogens with zero attached hydrogens (tertiary/aromatic N) is 4. The molecule has 2 atom stereocenters. The number of benzene rings is 1. The molecular weight excluding hydrogens is 350 g/mol. The zero-order valence-corrected chi connectivity index (χ0v) is 15.5. The van der Waals surface area contributed by atoms with E-state index in [9.17, 15) is 0 Å². The van der Waals surface area contributed by atoms with Crippen LogP contribution in [0.25, 0.3) is 10.8 Å². The first kappa shape index (κ1) is 16.0. The van der Waals surface area contributed by atoms with Gasteiger partial charge in [0.1, 0.15) is 11.5 Å². The average Bonchev–Trinajstić information content (AvgIpc) is 3.30. The van der Waals surface area contributed by atoms with Crippen LogP contribution in [0.1, 0.15) is 24.1 Å². The van der Waals surface area contributed by atoms with Gasteiger partial charge in [0.2, 0.25) is 0 Å². The highest BCUT2D eigenvalue weighted by atomic mass is 16.5. The largest absolute Gasteiger partial charge is 0.371 e. The van der Waals surface area contributed by atoms with Crippen LogP contribution in [0.2, 0.25) is 0 Å². The van der Waals surface area contributed by atoms with E-state index in [4.69, 9.17) is 9.72 Å². The molecule has 3 aliphatic rings. The van der Waals surface area contributed by atoms with Gasteiger partial charge < -0.3 is 15.0 Å². The number of amidine groups is 1. The van der Waals surface area contributed by atoms with Gasteiger partial charge in [-0.05, 0) is 48.6 Å². The normalized spacial score (nSPS) is 23.0. The molecule has 3 aliphatic heterocycles. The van der Waals surface area contributed by atoms with E-state index in [0.29, 0.717) is 18.8 Å². The summed E-state index contributed by atoms with van der Waals surface area (Å²) < 4.78 is 5.98. The fraction of sp³-hybridized carbons (Fsp3) is 0.318. The van der Waals surface area contributed by atoms with Crippen LogP contribution in [-0.2, 0) is 11.3 Å². The monoisotopic (exact) mass is 371 g/mol. The summed E-state index contributed by atoms with van der Waals surface area (Å²) >= 11 is 0. The Hall–Kier alpha value is -2.99. The second-order valence-corrected chi connectivity index (χ2v) is 7.73. The van der Waals surface area contributed by atoms with Crippen molar-refractivity contribution in [1.82, 2.24) is 9.97 Å². The third kappa shape index (κ3) is 2.64. The minimum atomic E-state index is 0.352. The average molecular weight is 371 g/mol. The van der Waals surface area contributed by atoms with Crippen LogP contribution in [0.5, 0.6) is 0 Å². The molecule has 0 radical (unpaired) electrons. The third-order valence-corrected chi connectivity index (χ3v) is 5.87. The van der Waals surface area contributed by atoms with Crippen LogP contribution in [0.3, 0.4) is 0 Å². The van der Waals surface area contributed by atoms with Crippen molar-refractivity contribution in [2.75, 3.05) is 23.3 Å². The molecule has 6 rings (SSSR count). The first-order valence-electron chi connectivity index (χ1n) is 9.88.